The summed E-state index contributed by atoms with van der Waals surface area (Å²) in [5.41, 5.74) is 0.0889. The predicted octanol–water partition coefficient (Wildman–Crippen LogP) is 4.22. The summed E-state index contributed by atoms with van der Waals surface area (Å²) in [5, 5.41) is 3.43. The van der Waals surface area contributed by atoms with Crippen molar-refractivity contribution in [2.45, 2.75) is 79.6 Å². The molecule has 0 atom stereocenters. The largest absolute Gasteiger partial charge is 0.343 e. The van der Waals surface area contributed by atoms with Crippen molar-refractivity contribution < 1.29 is 4.79 Å². The Morgan fingerprint density at radius 2 is 1.57 bits per heavy atom. The van der Waals surface area contributed by atoms with Gasteiger partial charge in [-0.2, -0.15) is 0 Å². The van der Waals surface area contributed by atoms with Gasteiger partial charge in [0.1, 0.15) is 0 Å². The molecule has 3 nitrogen and oxygen atoms in total. The van der Waals surface area contributed by atoms with Gasteiger partial charge in [-0.3, -0.25) is 4.79 Å². The van der Waals surface area contributed by atoms with Gasteiger partial charge >= 0.3 is 0 Å². The van der Waals surface area contributed by atoms with E-state index in [1.54, 1.807) is 0 Å². The molecule has 0 aliphatic heterocycles. The van der Waals surface area contributed by atoms with Crippen molar-refractivity contribution in [1.29, 1.82) is 0 Å². The summed E-state index contributed by atoms with van der Waals surface area (Å²) in [6, 6.07) is 0. The van der Waals surface area contributed by atoms with Crippen molar-refractivity contribution >= 4 is 5.91 Å². The number of carbonyl (C=O) groups is 1. The SMILES string of the molecule is CCCCN(CCCCCNCCC)C(=O)CC(C)(C)C. The van der Waals surface area contributed by atoms with Gasteiger partial charge in [-0.05, 0) is 44.2 Å². The van der Waals surface area contributed by atoms with Gasteiger partial charge in [0.05, 0.1) is 0 Å². The van der Waals surface area contributed by atoms with E-state index in [-0.39, 0.29) is 5.41 Å². The molecule has 0 fully saturated rings. The molecular formula is C18H38N2O. The number of hydrogen-bond acceptors (Lipinski definition) is 2. The third kappa shape index (κ3) is 12.9. The van der Waals surface area contributed by atoms with Gasteiger partial charge in [0.25, 0.3) is 0 Å². The number of nitrogens with zero attached hydrogens (tertiary/aromatic N) is 1. The van der Waals surface area contributed by atoms with Crippen molar-refractivity contribution in [3.63, 3.8) is 0 Å². The first-order valence-corrected chi connectivity index (χ1v) is 8.89. The third-order valence-corrected chi connectivity index (χ3v) is 3.52. The van der Waals surface area contributed by atoms with Gasteiger partial charge in [-0.1, -0.05) is 47.5 Å². The Bertz CT molecular complexity index is 258. The zero-order valence-electron chi connectivity index (χ0n) is 15.1. The van der Waals surface area contributed by atoms with E-state index in [1.807, 2.05) is 0 Å². The van der Waals surface area contributed by atoms with Crippen molar-refractivity contribution in [2.75, 3.05) is 26.2 Å². The average molecular weight is 299 g/mol. The number of carbonyl (C=O) groups excluding carboxylic acids is 1. The Hall–Kier alpha value is -0.570. The smallest absolute Gasteiger partial charge is 0.223 e. The average Bonchev–Trinajstić information content (AvgIpc) is 2.39. The van der Waals surface area contributed by atoms with Crippen LogP contribution in [0.3, 0.4) is 0 Å². The Labute approximate surface area is 132 Å². The minimum absolute atomic E-state index is 0.0889. The van der Waals surface area contributed by atoms with Crippen LogP contribution in [0.15, 0.2) is 0 Å². The van der Waals surface area contributed by atoms with Crippen LogP contribution in [0, 0.1) is 5.41 Å². The van der Waals surface area contributed by atoms with Crippen LogP contribution in [0.5, 0.6) is 0 Å². The molecule has 0 aliphatic carbocycles. The highest BCUT2D eigenvalue weighted by molar-refractivity contribution is 5.76. The minimum atomic E-state index is 0.0889. The molecule has 0 saturated heterocycles. The number of nitrogens with one attached hydrogen (secondary N) is 1. The maximum absolute atomic E-state index is 12.4. The van der Waals surface area contributed by atoms with Crippen LogP contribution in [0.2, 0.25) is 0 Å². The second-order valence-corrected chi connectivity index (χ2v) is 7.28. The summed E-state index contributed by atoms with van der Waals surface area (Å²) >= 11 is 0. The molecule has 0 aromatic heterocycles. The maximum Gasteiger partial charge on any atom is 0.223 e. The van der Waals surface area contributed by atoms with E-state index in [0.717, 1.165) is 45.4 Å². The van der Waals surface area contributed by atoms with E-state index in [9.17, 15) is 4.79 Å². The highest BCUT2D eigenvalue weighted by Crippen LogP contribution is 2.20. The van der Waals surface area contributed by atoms with Gasteiger partial charge in [-0.15, -0.1) is 0 Å². The highest BCUT2D eigenvalue weighted by atomic mass is 16.2. The van der Waals surface area contributed by atoms with E-state index in [0.29, 0.717) is 12.3 Å². The van der Waals surface area contributed by atoms with Gasteiger partial charge in [0, 0.05) is 19.5 Å². The van der Waals surface area contributed by atoms with Crippen molar-refractivity contribution in [3.8, 4) is 0 Å². The summed E-state index contributed by atoms with van der Waals surface area (Å²) < 4.78 is 0. The number of rotatable bonds is 12. The molecule has 0 spiro atoms. The Morgan fingerprint density at radius 3 is 2.14 bits per heavy atom. The summed E-state index contributed by atoms with van der Waals surface area (Å²) in [7, 11) is 0. The number of amides is 1. The molecular weight excluding hydrogens is 260 g/mol. The van der Waals surface area contributed by atoms with Crippen LogP contribution in [0.1, 0.15) is 79.6 Å². The first-order valence-electron chi connectivity index (χ1n) is 8.89. The summed E-state index contributed by atoms with van der Waals surface area (Å²) in [4.78, 5) is 14.5. The molecule has 1 amide bonds. The molecule has 0 unspecified atom stereocenters. The molecule has 1 N–H and O–H groups in total. The fourth-order valence-electron chi connectivity index (χ4n) is 2.31. The third-order valence-electron chi connectivity index (χ3n) is 3.52. The fraction of sp³-hybridized carbons (Fsp3) is 0.944. The molecule has 0 aliphatic rings. The van der Waals surface area contributed by atoms with E-state index < -0.39 is 0 Å². The van der Waals surface area contributed by atoms with Crippen molar-refractivity contribution in [1.82, 2.24) is 10.2 Å². The topological polar surface area (TPSA) is 32.3 Å². The molecule has 3 heteroatoms. The molecule has 126 valence electrons. The molecule has 0 heterocycles. The monoisotopic (exact) mass is 298 g/mol. The lowest BCUT2D eigenvalue weighted by atomic mass is 9.91. The van der Waals surface area contributed by atoms with Gasteiger partial charge in [0.2, 0.25) is 5.91 Å². The Balaban J connectivity index is 3.98. The fourth-order valence-corrected chi connectivity index (χ4v) is 2.31. The normalized spacial score (nSPS) is 11.7. The second kappa shape index (κ2) is 12.0. The molecule has 0 aromatic rings. The van der Waals surface area contributed by atoms with Crippen LogP contribution in [0.4, 0.5) is 0 Å². The predicted molar refractivity (Wildman–Crippen MR) is 92.6 cm³/mol. The van der Waals surface area contributed by atoms with Gasteiger partial charge < -0.3 is 10.2 Å². The quantitative estimate of drug-likeness (QED) is 0.547. The Kier molecular flexibility index (Phi) is 11.7. The van der Waals surface area contributed by atoms with Gasteiger partial charge in [-0.25, -0.2) is 0 Å². The molecule has 0 saturated carbocycles. The second-order valence-electron chi connectivity index (χ2n) is 7.28. The number of unbranched alkanes of at least 4 members (excludes halogenated alkanes) is 3. The van der Waals surface area contributed by atoms with Crippen molar-refractivity contribution in [3.05, 3.63) is 0 Å². The Morgan fingerprint density at radius 1 is 0.905 bits per heavy atom. The maximum atomic E-state index is 12.4. The number of hydrogen-bond donors (Lipinski definition) is 1. The summed E-state index contributed by atoms with van der Waals surface area (Å²) in [5.74, 6) is 0.333. The molecule has 0 radical (unpaired) electrons. The van der Waals surface area contributed by atoms with Crippen LogP contribution >= 0.6 is 0 Å². The molecule has 0 rings (SSSR count). The van der Waals surface area contributed by atoms with E-state index >= 15 is 0 Å². The standard InChI is InChI=1S/C18H38N2O/c1-6-8-14-20(17(21)16-18(3,4)5)15-11-9-10-13-19-12-7-2/h19H,6-16H2,1-5H3. The lowest BCUT2D eigenvalue weighted by Crippen LogP contribution is -2.35. The molecule has 21 heavy (non-hydrogen) atoms. The first kappa shape index (κ1) is 20.4. The molecule has 0 aromatic carbocycles. The van der Waals surface area contributed by atoms with E-state index in [1.165, 1.54) is 19.3 Å². The van der Waals surface area contributed by atoms with Crippen LogP contribution in [-0.4, -0.2) is 37.0 Å². The minimum Gasteiger partial charge on any atom is -0.343 e. The van der Waals surface area contributed by atoms with Crippen LogP contribution in [-0.2, 0) is 4.79 Å². The first-order chi connectivity index (χ1) is 9.90. The van der Waals surface area contributed by atoms with E-state index in [4.69, 9.17) is 0 Å². The van der Waals surface area contributed by atoms with Crippen LogP contribution < -0.4 is 5.32 Å². The lowest BCUT2D eigenvalue weighted by molar-refractivity contribution is -0.133. The zero-order chi connectivity index (χ0) is 16.1. The van der Waals surface area contributed by atoms with Gasteiger partial charge in [0.15, 0.2) is 0 Å². The molecule has 0 bridgehead atoms. The zero-order valence-corrected chi connectivity index (χ0v) is 15.1. The van der Waals surface area contributed by atoms with Crippen molar-refractivity contribution in [2.24, 2.45) is 5.41 Å². The summed E-state index contributed by atoms with van der Waals surface area (Å²) in [6.07, 6.45) is 7.69. The highest BCUT2D eigenvalue weighted by Gasteiger charge is 2.20. The lowest BCUT2D eigenvalue weighted by Gasteiger charge is -2.26. The van der Waals surface area contributed by atoms with Crippen LogP contribution in [0.25, 0.3) is 0 Å². The van der Waals surface area contributed by atoms with E-state index in [2.05, 4.69) is 44.8 Å². The summed E-state index contributed by atoms with van der Waals surface area (Å²) in [6.45, 7) is 14.9.